The van der Waals surface area contributed by atoms with E-state index in [1.54, 1.807) is 18.2 Å². The fourth-order valence-electron chi connectivity index (χ4n) is 1.46. The number of carbonyl (C=O) groups is 2. The topological polar surface area (TPSA) is 101 Å². The lowest BCUT2D eigenvalue weighted by Crippen LogP contribution is -2.05. The zero-order valence-corrected chi connectivity index (χ0v) is 11.3. The zero-order valence-electron chi connectivity index (χ0n) is 9.68. The molecule has 0 fully saturated rings. The van der Waals surface area contributed by atoms with E-state index in [1.807, 2.05) is 6.92 Å². The number of aryl methyl sites for hydroxylation is 1. The number of halogens is 1. The maximum atomic E-state index is 10.9. The summed E-state index contributed by atoms with van der Waals surface area (Å²) in [6, 6.07) is 5.13. The Morgan fingerprint density at radius 2 is 1.95 bits per heavy atom. The molecule has 2 rings (SSSR count). The largest absolute Gasteiger partial charge is 0.476 e. The molecule has 1 aromatic heterocycles. The summed E-state index contributed by atoms with van der Waals surface area (Å²) in [5.41, 5.74) is 0.860. The van der Waals surface area contributed by atoms with Crippen molar-refractivity contribution < 1.29 is 24.2 Å². The fourth-order valence-corrected chi connectivity index (χ4v) is 1.84. The second-order valence-corrected chi connectivity index (χ2v) is 4.63. The van der Waals surface area contributed by atoms with E-state index in [1.165, 1.54) is 0 Å². The molecule has 0 unspecified atom stereocenters. The highest BCUT2D eigenvalue weighted by atomic mass is 79.9. The van der Waals surface area contributed by atoms with Crippen molar-refractivity contribution in [1.29, 1.82) is 0 Å². The van der Waals surface area contributed by atoms with Crippen molar-refractivity contribution in [2.24, 2.45) is 0 Å². The molecule has 19 heavy (non-hydrogen) atoms. The SMILES string of the molecule is Cc1ccc(-c2nc(C(=O)O)c(C(=O)O)o2)cc1Br. The van der Waals surface area contributed by atoms with Gasteiger partial charge in [-0.05, 0) is 24.6 Å². The van der Waals surface area contributed by atoms with Crippen molar-refractivity contribution in [2.45, 2.75) is 6.92 Å². The number of oxazole rings is 1. The van der Waals surface area contributed by atoms with E-state index < -0.39 is 23.4 Å². The molecule has 7 heteroatoms. The van der Waals surface area contributed by atoms with E-state index >= 15 is 0 Å². The van der Waals surface area contributed by atoms with Gasteiger partial charge in [-0.3, -0.25) is 0 Å². The fraction of sp³-hybridized carbons (Fsp3) is 0.0833. The van der Waals surface area contributed by atoms with Gasteiger partial charge in [-0.15, -0.1) is 0 Å². The van der Waals surface area contributed by atoms with E-state index in [0.29, 0.717) is 5.56 Å². The van der Waals surface area contributed by atoms with Gasteiger partial charge in [0.05, 0.1) is 0 Å². The highest BCUT2D eigenvalue weighted by molar-refractivity contribution is 9.10. The van der Waals surface area contributed by atoms with Crippen LogP contribution in [0, 0.1) is 6.92 Å². The molecule has 0 radical (unpaired) electrons. The van der Waals surface area contributed by atoms with E-state index in [2.05, 4.69) is 20.9 Å². The summed E-state index contributed by atoms with van der Waals surface area (Å²) < 4.78 is 5.79. The molecule has 0 spiro atoms. The number of nitrogens with zero attached hydrogens (tertiary/aromatic N) is 1. The van der Waals surface area contributed by atoms with E-state index in [9.17, 15) is 9.59 Å². The predicted octanol–water partition coefficient (Wildman–Crippen LogP) is 2.81. The molecular formula is C12H8BrNO5. The first-order valence-corrected chi connectivity index (χ1v) is 5.93. The second-order valence-electron chi connectivity index (χ2n) is 3.77. The van der Waals surface area contributed by atoms with E-state index in [-0.39, 0.29) is 5.89 Å². The minimum absolute atomic E-state index is 0.0458. The van der Waals surface area contributed by atoms with Gasteiger partial charge in [-0.25, -0.2) is 14.6 Å². The lowest BCUT2D eigenvalue weighted by molar-refractivity contribution is 0.0624. The minimum atomic E-state index is -1.47. The van der Waals surface area contributed by atoms with Crippen LogP contribution in [0.5, 0.6) is 0 Å². The summed E-state index contributed by atoms with van der Waals surface area (Å²) in [4.78, 5) is 25.5. The molecule has 0 saturated carbocycles. The summed E-state index contributed by atoms with van der Waals surface area (Å²) in [6.07, 6.45) is 0. The molecule has 0 atom stereocenters. The number of benzene rings is 1. The molecule has 6 nitrogen and oxygen atoms in total. The molecule has 2 N–H and O–H groups in total. The Labute approximate surface area is 115 Å². The number of rotatable bonds is 3. The first-order valence-electron chi connectivity index (χ1n) is 5.14. The van der Waals surface area contributed by atoms with Crippen molar-refractivity contribution in [1.82, 2.24) is 4.98 Å². The van der Waals surface area contributed by atoms with Gasteiger partial charge in [0.15, 0.2) is 0 Å². The lowest BCUT2D eigenvalue weighted by Gasteiger charge is -1.99. The van der Waals surface area contributed by atoms with Gasteiger partial charge in [0.2, 0.25) is 17.3 Å². The van der Waals surface area contributed by atoms with Gasteiger partial charge in [0.1, 0.15) is 0 Å². The van der Waals surface area contributed by atoms with Gasteiger partial charge < -0.3 is 14.6 Å². The average Bonchev–Trinajstić information content (AvgIpc) is 2.78. The number of carboxylic acid groups (broad SMARTS) is 2. The summed E-state index contributed by atoms with van der Waals surface area (Å²) in [5.74, 6) is -3.64. The maximum Gasteiger partial charge on any atom is 0.374 e. The van der Waals surface area contributed by atoms with Crippen LogP contribution in [0.4, 0.5) is 0 Å². The van der Waals surface area contributed by atoms with Gasteiger partial charge in [-0.2, -0.15) is 0 Å². The maximum absolute atomic E-state index is 10.9. The third-order valence-corrected chi connectivity index (χ3v) is 3.30. The molecule has 0 aliphatic heterocycles. The van der Waals surface area contributed by atoms with Crippen LogP contribution in [-0.2, 0) is 0 Å². The van der Waals surface area contributed by atoms with Gasteiger partial charge in [0.25, 0.3) is 0 Å². The Morgan fingerprint density at radius 1 is 1.26 bits per heavy atom. The van der Waals surface area contributed by atoms with Crippen LogP contribution in [-0.4, -0.2) is 27.1 Å². The van der Waals surface area contributed by atoms with Crippen LogP contribution in [0.25, 0.3) is 11.5 Å². The molecule has 1 aromatic carbocycles. The lowest BCUT2D eigenvalue weighted by atomic mass is 10.1. The standard InChI is InChI=1S/C12H8BrNO5/c1-5-2-3-6(4-7(5)13)10-14-8(11(15)16)9(19-10)12(17)18/h2-4H,1H3,(H,15,16)(H,17,18). The highest BCUT2D eigenvalue weighted by Gasteiger charge is 2.25. The third kappa shape index (κ3) is 2.50. The molecule has 0 saturated heterocycles. The molecular weight excluding hydrogens is 318 g/mol. The number of aromatic nitrogens is 1. The van der Waals surface area contributed by atoms with Crippen molar-refractivity contribution in [3.8, 4) is 11.5 Å². The third-order valence-electron chi connectivity index (χ3n) is 2.44. The van der Waals surface area contributed by atoms with Crippen LogP contribution in [0.2, 0.25) is 0 Å². The Balaban J connectivity index is 2.57. The first kappa shape index (κ1) is 13.3. The van der Waals surface area contributed by atoms with Crippen molar-refractivity contribution in [3.05, 3.63) is 39.7 Å². The zero-order chi connectivity index (χ0) is 14.2. The number of hydrogen-bond acceptors (Lipinski definition) is 4. The Morgan fingerprint density at radius 3 is 2.42 bits per heavy atom. The summed E-state index contributed by atoms with van der Waals surface area (Å²) >= 11 is 3.32. The number of carboxylic acids is 2. The normalized spacial score (nSPS) is 10.4. The molecule has 1 heterocycles. The van der Waals surface area contributed by atoms with Crippen LogP contribution in [0.1, 0.15) is 26.6 Å². The van der Waals surface area contributed by atoms with Crippen molar-refractivity contribution >= 4 is 27.9 Å². The van der Waals surface area contributed by atoms with Gasteiger partial charge >= 0.3 is 11.9 Å². The summed E-state index contributed by atoms with van der Waals surface area (Å²) in [5, 5.41) is 17.7. The smallest absolute Gasteiger partial charge is 0.374 e. The van der Waals surface area contributed by atoms with E-state index in [4.69, 9.17) is 14.6 Å². The van der Waals surface area contributed by atoms with Crippen LogP contribution >= 0.6 is 15.9 Å². The number of aromatic carboxylic acids is 2. The molecule has 0 amide bonds. The molecule has 98 valence electrons. The Kier molecular flexibility index (Phi) is 3.39. The minimum Gasteiger partial charge on any atom is -0.476 e. The monoisotopic (exact) mass is 325 g/mol. The molecule has 0 bridgehead atoms. The molecule has 0 aliphatic rings. The Bertz CT molecular complexity index is 645. The van der Waals surface area contributed by atoms with Crippen LogP contribution in [0.3, 0.4) is 0 Å². The van der Waals surface area contributed by atoms with Gasteiger partial charge in [0, 0.05) is 10.0 Å². The quantitative estimate of drug-likeness (QED) is 0.899. The first-order chi connectivity index (χ1) is 8.90. The van der Waals surface area contributed by atoms with E-state index in [0.717, 1.165) is 10.0 Å². The van der Waals surface area contributed by atoms with Gasteiger partial charge in [-0.1, -0.05) is 22.0 Å². The van der Waals surface area contributed by atoms with Crippen LogP contribution < -0.4 is 0 Å². The second kappa shape index (κ2) is 4.85. The number of hydrogen-bond donors (Lipinski definition) is 2. The van der Waals surface area contributed by atoms with Crippen molar-refractivity contribution in [2.75, 3.05) is 0 Å². The Hall–Kier alpha value is -2.15. The van der Waals surface area contributed by atoms with Crippen molar-refractivity contribution in [3.63, 3.8) is 0 Å². The van der Waals surface area contributed by atoms with Crippen LogP contribution in [0.15, 0.2) is 27.1 Å². The predicted molar refractivity (Wildman–Crippen MR) is 68.3 cm³/mol. The highest BCUT2D eigenvalue weighted by Crippen LogP contribution is 2.27. The summed E-state index contributed by atoms with van der Waals surface area (Å²) in [7, 11) is 0. The average molecular weight is 326 g/mol. The summed E-state index contributed by atoms with van der Waals surface area (Å²) in [6.45, 7) is 1.88. The molecule has 0 aliphatic carbocycles. The molecule has 2 aromatic rings.